The first-order valence-corrected chi connectivity index (χ1v) is 3.17. The molecule has 12 heavy (non-hydrogen) atoms. The Morgan fingerprint density at radius 1 is 1.50 bits per heavy atom. The van der Waals surface area contributed by atoms with E-state index in [1.54, 1.807) is 0 Å². The van der Waals surface area contributed by atoms with Gasteiger partial charge in [0, 0.05) is 7.11 Å². The number of nitrogens with zero attached hydrogens (tertiary/aromatic N) is 2. The van der Waals surface area contributed by atoms with Crippen molar-refractivity contribution in [2.45, 2.75) is 6.61 Å². The highest BCUT2D eigenvalue weighted by molar-refractivity contribution is 5.83. The Balaban J connectivity index is 2.70. The second-order valence-electron chi connectivity index (χ2n) is 1.93. The summed E-state index contributed by atoms with van der Waals surface area (Å²) in [6.07, 6.45) is 0. The van der Waals surface area contributed by atoms with Gasteiger partial charge in [0.25, 0.3) is 0 Å². The minimum Gasteiger partial charge on any atom is -0.462 e. The molecule has 1 aromatic rings. The minimum atomic E-state index is -0.648. The summed E-state index contributed by atoms with van der Waals surface area (Å²) in [5.41, 5.74) is 0. The predicted octanol–water partition coefficient (Wildman–Crippen LogP) is 0.00260. The van der Waals surface area contributed by atoms with Crippen LogP contribution in [-0.4, -0.2) is 30.4 Å². The third-order valence-electron chi connectivity index (χ3n) is 1.09. The van der Waals surface area contributed by atoms with E-state index in [1.807, 2.05) is 0 Å². The first-order chi connectivity index (χ1) is 5.77. The van der Waals surface area contributed by atoms with E-state index >= 15 is 0 Å². The van der Waals surface area contributed by atoms with E-state index in [0.29, 0.717) is 0 Å². The molecule has 6 heteroatoms. The van der Waals surface area contributed by atoms with Gasteiger partial charge in [-0.1, -0.05) is 0 Å². The van der Waals surface area contributed by atoms with Crippen LogP contribution in [0.5, 0.6) is 0 Å². The summed E-state index contributed by atoms with van der Waals surface area (Å²) >= 11 is 0. The lowest BCUT2D eigenvalue weighted by atomic mass is 10.7. The molecule has 0 aliphatic carbocycles. The van der Waals surface area contributed by atoms with Crippen molar-refractivity contribution in [1.82, 2.24) is 10.2 Å². The molecule has 0 aromatic carbocycles. The molecule has 0 spiro atoms. The largest absolute Gasteiger partial charge is 0.462 e. The Kier molecular flexibility index (Phi) is 2.76. The van der Waals surface area contributed by atoms with Gasteiger partial charge in [0.05, 0.1) is 7.11 Å². The van der Waals surface area contributed by atoms with Crippen LogP contribution in [0.15, 0.2) is 4.42 Å². The molecule has 0 saturated carbocycles. The third kappa shape index (κ3) is 1.79. The lowest BCUT2D eigenvalue weighted by Gasteiger charge is -1.90. The molecule has 0 bridgehead atoms. The average molecular weight is 172 g/mol. The maximum atomic E-state index is 10.8. The van der Waals surface area contributed by atoms with Crippen LogP contribution in [0.25, 0.3) is 0 Å². The second kappa shape index (κ2) is 3.82. The zero-order valence-electron chi connectivity index (χ0n) is 6.73. The molecular formula is C6H8N2O4. The first-order valence-electron chi connectivity index (χ1n) is 3.17. The van der Waals surface area contributed by atoms with E-state index < -0.39 is 5.97 Å². The van der Waals surface area contributed by atoms with Crippen molar-refractivity contribution in [3.63, 3.8) is 0 Å². The first kappa shape index (κ1) is 8.66. The van der Waals surface area contributed by atoms with Gasteiger partial charge in [-0.25, -0.2) is 4.79 Å². The van der Waals surface area contributed by atoms with Gasteiger partial charge < -0.3 is 13.9 Å². The summed E-state index contributed by atoms with van der Waals surface area (Å²) in [5, 5.41) is 6.97. The lowest BCUT2D eigenvalue weighted by Crippen LogP contribution is -2.00. The zero-order chi connectivity index (χ0) is 8.97. The van der Waals surface area contributed by atoms with Gasteiger partial charge in [-0.2, -0.15) is 0 Å². The summed E-state index contributed by atoms with van der Waals surface area (Å²) in [5.74, 6) is -0.563. The standard InChI is InChI=1S/C6H8N2O4/c1-10-3-4-7-8-5(12-4)6(9)11-2/h3H2,1-2H3. The molecular weight excluding hydrogens is 164 g/mol. The molecule has 0 aliphatic rings. The van der Waals surface area contributed by atoms with Gasteiger partial charge >= 0.3 is 11.9 Å². The van der Waals surface area contributed by atoms with Crippen molar-refractivity contribution in [3.05, 3.63) is 11.8 Å². The number of carbonyl (C=O) groups is 1. The molecule has 0 unspecified atom stereocenters. The number of rotatable bonds is 3. The van der Waals surface area contributed by atoms with Gasteiger partial charge in [-0.15, -0.1) is 10.2 Å². The summed E-state index contributed by atoms with van der Waals surface area (Å²) in [6, 6.07) is 0. The van der Waals surface area contributed by atoms with Gasteiger partial charge in [0.15, 0.2) is 0 Å². The van der Waals surface area contributed by atoms with Crippen molar-refractivity contribution >= 4 is 5.97 Å². The molecule has 1 rings (SSSR count). The fraction of sp³-hybridized carbons (Fsp3) is 0.500. The van der Waals surface area contributed by atoms with E-state index in [1.165, 1.54) is 14.2 Å². The van der Waals surface area contributed by atoms with Crippen LogP contribution in [0.4, 0.5) is 0 Å². The van der Waals surface area contributed by atoms with E-state index in [2.05, 4.69) is 14.9 Å². The quantitative estimate of drug-likeness (QED) is 0.597. The van der Waals surface area contributed by atoms with Gasteiger partial charge in [-0.05, 0) is 0 Å². The van der Waals surface area contributed by atoms with Crippen molar-refractivity contribution < 1.29 is 18.7 Å². The third-order valence-corrected chi connectivity index (χ3v) is 1.09. The molecule has 1 heterocycles. The number of methoxy groups -OCH3 is 2. The second-order valence-corrected chi connectivity index (χ2v) is 1.93. The molecule has 1 aromatic heterocycles. The van der Waals surface area contributed by atoms with E-state index in [-0.39, 0.29) is 18.4 Å². The monoisotopic (exact) mass is 172 g/mol. The molecule has 0 radical (unpaired) electrons. The molecule has 0 N–H and O–H groups in total. The molecule has 66 valence electrons. The number of carbonyl (C=O) groups excluding carboxylic acids is 1. The Morgan fingerprint density at radius 3 is 2.83 bits per heavy atom. The summed E-state index contributed by atoms with van der Waals surface area (Å²) < 4.78 is 13.9. The van der Waals surface area contributed by atoms with E-state index in [0.717, 1.165) is 0 Å². The number of aromatic nitrogens is 2. The van der Waals surface area contributed by atoms with E-state index in [4.69, 9.17) is 9.15 Å². The number of hydrogen-bond acceptors (Lipinski definition) is 6. The van der Waals surface area contributed by atoms with Gasteiger partial charge in [0.1, 0.15) is 6.61 Å². The molecule has 6 nitrogen and oxygen atoms in total. The lowest BCUT2D eigenvalue weighted by molar-refractivity contribution is 0.0549. The normalized spacial score (nSPS) is 9.83. The molecule has 0 saturated heterocycles. The summed E-state index contributed by atoms with van der Waals surface area (Å²) in [7, 11) is 2.73. The summed E-state index contributed by atoms with van der Waals surface area (Å²) in [4.78, 5) is 10.8. The topological polar surface area (TPSA) is 74.5 Å². The molecule has 0 aliphatic heterocycles. The van der Waals surface area contributed by atoms with E-state index in [9.17, 15) is 4.79 Å². The Bertz CT molecular complexity index is 270. The molecule has 0 atom stereocenters. The highest BCUT2D eigenvalue weighted by Crippen LogP contribution is 2.01. The van der Waals surface area contributed by atoms with Crippen LogP contribution >= 0.6 is 0 Å². The fourth-order valence-corrected chi connectivity index (χ4v) is 0.605. The highest BCUT2D eigenvalue weighted by atomic mass is 16.5. The number of ether oxygens (including phenoxy) is 2. The number of esters is 1. The number of hydrogen-bond donors (Lipinski definition) is 0. The smallest absolute Gasteiger partial charge is 0.396 e. The van der Waals surface area contributed by atoms with Gasteiger partial charge in [0.2, 0.25) is 5.89 Å². The van der Waals surface area contributed by atoms with Crippen LogP contribution in [0, 0.1) is 0 Å². The van der Waals surface area contributed by atoms with Crippen LogP contribution in [0.1, 0.15) is 16.6 Å². The van der Waals surface area contributed by atoms with Crippen LogP contribution < -0.4 is 0 Å². The van der Waals surface area contributed by atoms with Crippen molar-refractivity contribution in [1.29, 1.82) is 0 Å². The summed E-state index contributed by atoms with van der Waals surface area (Å²) in [6.45, 7) is 0.185. The maximum Gasteiger partial charge on any atom is 0.396 e. The van der Waals surface area contributed by atoms with Crippen LogP contribution in [0.3, 0.4) is 0 Å². The Hall–Kier alpha value is -1.43. The van der Waals surface area contributed by atoms with Crippen LogP contribution in [0.2, 0.25) is 0 Å². The Labute approximate surface area is 68.5 Å². The fourth-order valence-electron chi connectivity index (χ4n) is 0.605. The molecule has 0 fully saturated rings. The Morgan fingerprint density at radius 2 is 2.25 bits per heavy atom. The van der Waals surface area contributed by atoms with Crippen molar-refractivity contribution in [2.24, 2.45) is 0 Å². The highest BCUT2D eigenvalue weighted by Gasteiger charge is 2.14. The predicted molar refractivity (Wildman–Crippen MR) is 36.4 cm³/mol. The minimum absolute atomic E-state index is 0.162. The van der Waals surface area contributed by atoms with Crippen molar-refractivity contribution in [2.75, 3.05) is 14.2 Å². The van der Waals surface area contributed by atoms with Gasteiger partial charge in [-0.3, -0.25) is 0 Å². The van der Waals surface area contributed by atoms with Crippen molar-refractivity contribution in [3.8, 4) is 0 Å². The molecule has 0 amide bonds. The SMILES string of the molecule is COCc1nnc(C(=O)OC)o1. The maximum absolute atomic E-state index is 10.8. The zero-order valence-corrected chi connectivity index (χ0v) is 6.73. The van der Waals surface area contributed by atoms with Crippen LogP contribution in [-0.2, 0) is 16.1 Å². The average Bonchev–Trinajstić information content (AvgIpc) is 2.52.